The van der Waals surface area contributed by atoms with E-state index >= 15 is 0 Å². The molecule has 2 aromatic heterocycles. The van der Waals surface area contributed by atoms with Gasteiger partial charge in [0.1, 0.15) is 0 Å². The topological polar surface area (TPSA) is 37.2 Å². The van der Waals surface area contributed by atoms with Crippen molar-refractivity contribution < 1.29 is 0 Å². The van der Waals surface area contributed by atoms with Crippen LogP contribution >= 0.6 is 11.3 Å². The van der Waals surface area contributed by atoms with Crippen LogP contribution in [0.2, 0.25) is 0 Å². The predicted molar refractivity (Wildman–Crippen MR) is 82.1 cm³/mol. The van der Waals surface area contributed by atoms with Crippen molar-refractivity contribution in [1.82, 2.24) is 19.7 Å². The molecular formula is C14H21N5S. The highest BCUT2D eigenvalue weighted by molar-refractivity contribution is 7.13. The molecular weight excluding hydrogens is 270 g/mol. The third-order valence-electron chi connectivity index (χ3n) is 3.73. The van der Waals surface area contributed by atoms with Gasteiger partial charge in [-0.05, 0) is 13.8 Å². The Labute approximate surface area is 123 Å². The molecule has 1 atom stereocenters. The lowest BCUT2D eigenvalue weighted by Gasteiger charge is -2.39. The number of anilines is 1. The van der Waals surface area contributed by atoms with E-state index < -0.39 is 0 Å². The molecule has 0 unspecified atom stereocenters. The van der Waals surface area contributed by atoms with Crippen molar-refractivity contribution in [2.24, 2.45) is 7.05 Å². The van der Waals surface area contributed by atoms with Crippen molar-refractivity contribution >= 4 is 16.5 Å². The van der Waals surface area contributed by atoms with E-state index in [0.29, 0.717) is 6.04 Å². The van der Waals surface area contributed by atoms with Gasteiger partial charge in [-0.3, -0.25) is 9.58 Å². The molecule has 6 heteroatoms. The first-order chi connectivity index (χ1) is 9.61. The smallest absolute Gasteiger partial charge is 0.185 e. The van der Waals surface area contributed by atoms with Crippen LogP contribution in [0.1, 0.15) is 18.2 Å². The maximum absolute atomic E-state index is 4.61. The zero-order valence-corrected chi connectivity index (χ0v) is 13.1. The van der Waals surface area contributed by atoms with E-state index in [1.165, 1.54) is 5.56 Å². The van der Waals surface area contributed by atoms with Gasteiger partial charge in [0.05, 0.1) is 11.9 Å². The Morgan fingerprint density at radius 1 is 1.40 bits per heavy atom. The number of rotatable bonds is 3. The largest absolute Gasteiger partial charge is 0.343 e. The quantitative estimate of drug-likeness (QED) is 0.865. The van der Waals surface area contributed by atoms with Gasteiger partial charge in [0, 0.05) is 56.4 Å². The summed E-state index contributed by atoms with van der Waals surface area (Å²) in [6, 6.07) is 0.506. The van der Waals surface area contributed by atoms with Crippen molar-refractivity contribution in [3.8, 4) is 0 Å². The molecule has 0 spiro atoms. The fourth-order valence-corrected chi connectivity index (χ4v) is 3.68. The Balaban J connectivity index is 1.62. The molecule has 1 aliphatic rings. The lowest BCUT2D eigenvalue weighted by Crippen LogP contribution is -2.51. The molecule has 0 aliphatic carbocycles. The molecule has 20 heavy (non-hydrogen) atoms. The van der Waals surface area contributed by atoms with Crippen molar-refractivity contribution in [1.29, 1.82) is 0 Å². The first-order valence-electron chi connectivity index (χ1n) is 7.00. The Hall–Kier alpha value is -1.40. The molecule has 0 aromatic carbocycles. The van der Waals surface area contributed by atoms with Crippen LogP contribution in [0.3, 0.4) is 0 Å². The molecule has 0 N–H and O–H groups in total. The summed E-state index contributed by atoms with van der Waals surface area (Å²) < 4.78 is 1.87. The predicted octanol–water partition coefficient (Wildman–Crippen LogP) is 1.90. The molecule has 0 bridgehead atoms. The van der Waals surface area contributed by atoms with Crippen LogP contribution < -0.4 is 4.90 Å². The van der Waals surface area contributed by atoms with Crippen molar-refractivity contribution in [2.45, 2.75) is 26.4 Å². The van der Waals surface area contributed by atoms with Crippen LogP contribution in [0.25, 0.3) is 0 Å². The fraction of sp³-hybridized carbons (Fsp3) is 0.571. The third-order valence-corrected chi connectivity index (χ3v) is 4.72. The van der Waals surface area contributed by atoms with E-state index in [1.807, 2.05) is 17.9 Å². The van der Waals surface area contributed by atoms with E-state index in [1.54, 1.807) is 11.3 Å². The zero-order chi connectivity index (χ0) is 14.1. The van der Waals surface area contributed by atoms with Crippen molar-refractivity contribution in [2.75, 3.05) is 24.5 Å². The van der Waals surface area contributed by atoms with Gasteiger partial charge in [-0.1, -0.05) is 0 Å². The zero-order valence-electron chi connectivity index (χ0n) is 12.3. The van der Waals surface area contributed by atoms with Gasteiger partial charge in [-0.15, -0.1) is 11.3 Å². The van der Waals surface area contributed by atoms with Gasteiger partial charge >= 0.3 is 0 Å². The molecule has 0 saturated carbocycles. The van der Waals surface area contributed by atoms with Crippen molar-refractivity contribution in [3.05, 3.63) is 29.0 Å². The molecule has 1 aliphatic heterocycles. The number of hydrogen-bond donors (Lipinski definition) is 0. The van der Waals surface area contributed by atoms with Crippen LogP contribution in [0, 0.1) is 6.92 Å². The highest BCUT2D eigenvalue weighted by Crippen LogP contribution is 2.24. The van der Waals surface area contributed by atoms with Crippen LogP contribution in [0.4, 0.5) is 5.13 Å². The second-order valence-corrected chi connectivity index (χ2v) is 6.41. The molecule has 3 rings (SSSR count). The molecule has 1 saturated heterocycles. The summed E-state index contributed by atoms with van der Waals surface area (Å²) in [5.41, 5.74) is 2.41. The van der Waals surface area contributed by atoms with Gasteiger partial charge in [0.2, 0.25) is 0 Å². The number of nitrogens with zero attached hydrogens (tertiary/aromatic N) is 5. The van der Waals surface area contributed by atoms with Crippen LogP contribution in [0.15, 0.2) is 17.8 Å². The Kier molecular flexibility index (Phi) is 3.76. The summed E-state index contributed by atoms with van der Waals surface area (Å²) in [6.45, 7) is 8.54. The number of aromatic nitrogens is 3. The number of aryl methyl sites for hydroxylation is 2. The Bertz CT molecular complexity index is 576. The Morgan fingerprint density at radius 2 is 2.25 bits per heavy atom. The van der Waals surface area contributed by atoms with Gasteiger partial charge in [0.25, 0.3) is 0 Å². The third kappa shape index (κ3) is 2.86. The normalized spacial score (nSPS) is 20.6. The van der Waals surface area contributed by atoms with E-state index in [-0.39, 0.29) is 0 Å². The number of piperazine rings is 1. The van der Waals surface area contributed by atoms with Crippen LogP contribution in [-0.2, 0) is 13.6 Å². The minimum absolute atomic E-state index is 0.506. The minimum Gasteiger partial charge on any atom is -0.343 e. The molecule has 0 radical (unpaired) electrons. The summed E-state index contributed by atoms with van der Waals surface area (Å²) in [6.07, 6.45) is 4.06. The molecule has 3 heterocycles. The summed E-state index contributed by atoms with van der Waals surface area (Å²) in [5, 5.41) is 7.53. The average Bonchev–Trinajstić information content (AvgIpc) is 2.99. The second-order valence-electron chi connectivity index (χ2n) is 5.57. The maximum Gasteiger partial charge on any atom is 0.185 e. The molecule has 108 valence electrons. The first kappa shape index (κ1) is 13.6. The van der Waals surface area contributed by atoms with E-state index in [4.69, 9.17) is 0 Å². The summed E-state index contributed by atoms with van der Waals surface area (Å²) in [5.74, 6) is 0. The van der Waals surface area contributed by atoms with Gasteiger partial charge in [-0.25, -0.2) is 4.98 Å². The molecule has 0 amide bonds. The fourth-order valence-electron chi connectivity index (χ4n) is 2.75. The summed E-state index contributed by atoms with van der Waals surface area (Å²) in [4.78, 5) is 9.54. The highest BCUT2D eigenvalue weighted by Gasteiger charge is 2.25. The second kappa shape index (κ2) is 5.54. The van der Waals surface area contributed by atoms with Gasteiger partial charge < -0.3 is 4.90 Å². The standard InChI is InChI=1S/C14H21N5S/c1-11-10-20-14(16-11)19-5-4-18(7-12(19)2)9-13-6-15-17(3)8-13/h6,8,10,12H,4-5,7,9H2,1-3H3/t12-/m0/s1. The lowest BCUT2D eigenvalue weighted by molar-refractivity contribution is 0.221. The van der Waals surface area contributed by atoms with Crippen molar-refractivity contribution in [3.63, 3.8) is 0 Å². The Morgan fingerprint density at radius 3 is 2.85 bits per heavy atom. The molecule has 5 nitrogen and oxygen atoms in total. The summed E-state index contributed by atoms with van der Waals surface area (Å²) >= 11 is 1.75. The maximum atomic E-state index is 4.61. The molecule has 2 aromatic rings. The van der Waals surface area contributed by atoms with Crippen LogP contribution in [0.5, 0.6) is 0 Å². The van der Waals surface area contributed by atoms with Crippen LogP contribution in [-0.4, -0.2) is 45.3 Å². The first-order valence-corrected chi connectivity index (χ1v) is 7.88. The van der Waals surface area contributed by atoms with Gasteiger partial charge in [-0.2, -0.15) is 5.10 Å². The highest BCUT2D eigenvalue weighted by atomic mass is 32.1. The van der Waals surface area contributed by atoms with E-state index in [0.717, 1.165) is 37.0 Å². The SMILES string of the molecule is Cc1csc(N2CCN(Cc3cnn(C)c3)C[C@@H]2C)n1. The minimum atomic E-state index is 0.506. The summed E-state index contributed by atoms with van der Waals surface area (Å²) in [7, 11) is 1.97. The number of thiazole rings is 1. The monoisotopic (exact) mass is 291 g/mol. The van der Waals surface area contributed by atoms with E-state index in [2.05, 4.69) is 45.3 Å². The lowest BCUT2D eigenvalue weighted by atomic mass is 10.2. The average molecular weight is 291 g/mol. The molecule has 1 fully saturated rings. The number of hydrogen-bond acceptors (Lipinski definition) is 5. The van der Waals surface area contributed by atoms with Gasteiger partial charge in [0.15, 0.2) is 5.13 Å². The van der Waals surface area contributed by atoms with E-state index in [9.17, 15) is 0 Å².